The first-order valence-corrected chi connectivity index (χ1v) is 8.43. The summed E-state index contributed by atoms with van der Waals surface area (Å²) in [6, 6.07) is 8.43. The van der Waals surface area contributed by atoms with Crippen LogP contribution in [0.5, 0.6) is 0 Å². The monoisotopic (exact) mass is 447 g/mol. The van der Waals surface area contributed by atoms with Crippen LogP contribution in [0.3, 0.4) is 0 Å². The number of alkyl halides is 1. The highest BCUT2D eigenvalue weighted by Gasteiger charge is 2.25. The number of halogens is 2. The lowest BCUT2D eigenvalue weighted by Crippen LogP contribution is -2.49. The number of nitrogens with two attached hydrogens (primary N) is 1. The molecule has 0 aliphatic carbocycles. The van der Waals surface area contributed by atoms with E-state index in [-0.39, 0.29) is 24.2 Å². The number of benzene rings is 1. The molecule has 3 N–H and O–H groups in total. The van der Waals surface area contributed by atoms with Crippen molar-refractivity contribution in [3.63, 3.8) is 0 Å². The summed E-state index contributed by atoms with van der Waals surface area (Å²) < 4.78 is 0.499. The number of hydrogen-bond donors (Lipinski definition) is 2. The van der Waals surface area contributed by atoms with E-state index in [1.165, 1.54) is 0 Å². The fourth-order valence-corrected chi connectivity index (χ4v) is 2.56. The lowest BCUT2D eigenvalue weighted by Gasteiger charge is -2.21. The highest BCUT2D eigenvalue weighted by molar-refractivity contribution is 14.1. The molecule has 2 amide bonds. The molecule has 0 fully saturated rings. The summed E-state index contributed by atoms with van der Waals surface area (Å²) in [5, 5.41) is 2.67. The summed E-state index contributed by atoms with van der Waals surface area (Å²) in [5.41, 5.74) is 7.48. The molecule has 1 aliphatic rings. The molecule has 1 aromatic rings. The Hall–Kier alpha value is -1.38. The fraction of sp³-hybridized carbons (Fsp3) is 0.250. The molecule has 0 saturated carbocycles. The van der Waals surface area contributed by atoms with Gasteiger partial charge in [-0.25, -0.2) is 0 Å². The van der Waals surface area contributed by atoms with Crippen molar-refractivity contribution in [1.29, 1.82) is 0 Å². The van der Waals surface area contributed by atoms with Crippen LogP contribution in [-0.4, -0.2) is 33.3 Å². The highest BCUT2D eigenvalue weighted by Crippen LogP contribution is 2.20. The highest BCUT2D eigenvalue weighted by atomic mass is 127. The molecule has 0 aromatic heterocycles. The molecule has 0 radical (unpaired) electrons. The summed E-state index contributed by atoms with van der Waals surface area (Å²) >= 11 is 2.12. The molecule has 23 heavy (non-hydrogen) atoms. The quantitative estimate of drug-likeness (QED) is 0.421. The minimum atomic E-state index is -0.703. The van der Waals surface area contributed by atoms with E-state index in [1.54, 1.807) is 24.1 Å². The van der Waals surface area contributed by atoms with E-state index in [9.17, 15) is 9.59 Å². The standard InChI is InChI=1S/C16H18IN3O2.ClH/c1-11(18)15(21)19-14-8-7-13(9-20(10-17)16(14)22)12-5-3-2-4-6-12;/h2-9,11,14H,10,18H2,1H3,(H,19,21);1H. The third-order valence-corrected chi connectivity index (χ3v) is 3.99. The van der Waals surface area contributed by atoms with E-state index in [0.29, 0.717) is 4.55 Å². The third kappa shape index (κ3) is 5.05. The van der Waals surface area contributed by atoms with Gasteiger partial charge in [-0.3, -0.25) is 9.59 Å². The second kappa shape index (κ2) is 9.05. The molecule has 2 unspecified atom stereocenters. The second-order valence-electron chi connectivity index (χ2n) is 5.01. The van der Waals surface area contributed by atoms with Gasteiger partial charge in [-0.1, -0.05) is 65.1 Å². The zero-order chi connectivity index (χ0) is 16.1. The van der Waals surface area contributed by atoms with Crippen molar-refractivity contribution < 1.29 is 9.59 Å². The maximum atomic E-state index is 12.5. The van der Waals surface area contributed by atoms with Gasteiger partial charge in [-0.05, 0) is 18.1 Å². The average Bonchev–Trinajstić information content (AvgIpc) is 2.68. The van der Waals surface area contributed by atoms with E-state index in [4.69, 9.17) is 5.73 Å². The minimum absolute atomic E-state index is 0. The van der Waals surface area contributed by atoms with Crippen LogP contribution in [0.2, 0.25) is 0 Å². The van der Waals surface area contributed by atoms with E-state index in [0.717, 1.165) is 11.1 Å². The van der Waals surface area contributed by atoms with Crippen molar-refractivity contribution in [2.75, 3.05) is 4.55 Å². The van der Waals surface area contributed by atoms with Crippen molar-refractivity contribution in [3.05, 3.63) is 54.2 Å². The first-order valence-electron chi connectivity index (χ1n) is 6.90. The predicted molar refractivity (Wildman–Crippen MR) is 102 cm³/mol. The van der Waals surface area contributed by atoms with Crippen molar-refractivity contribution in [1.82, 2.24) is 10.2 Å². The molecule has 2 atom stereocenters. The summed E-state index contributed by atoms with van der Waals surface area (Å²) in [4.78, 5) is 25.8. The van der Waals surface area contributed by atoms with Gasteiger partial charge in [0.1, 0.15) is 6.04 Å². The number of nitrogens with zero attached hydrogens (tertiary/aromatic N) is 1. The summed E-state index contributed by atoms with van der Waals surface area (Å²) in [6.07, 6.45) is 5.36. The summed E-state index contributed by atoms with van der Waals surface area (Å²) in [5.74, 6) is -0.523. The van der Waals surface area contributed by atoms with Crippen LogP contribution in [0.1, 0.15) is 12.5 Å². The molecule has 1 heterocycles. The van der Waals surface area contributed by atoms with Crippen LogP contribution in [0, 0.1) is 0 Å². The topological polar surface area (TPSA) is 75.4 Å². The Balaban J connectivity index is 0.00000264. The average molecular weight is 448 g/mol. The van der Waals surface area contributed by atoms with Crippen LogP contribution in [0.4, 0.5) is 0 Å². The number of carbonyl (C=O) groups excluding carboxylic acids is 2. The Labute approximate surface area is 155 Å². The Morgan fingerprint density at radius 1 is 1.39 bits per heavy atom. The Morgan fingerprint density at radius 3 is 2.61 bits per heavy atom. The minimum Gasteiger partial charge on any atom is -0.340 e. The maximum absolute atomic E-state index is 12.5. The Bertz CT molecular complexity index is 617. The smallest absolute Gasteiger partial charge is 0.253 e. The fourth-order valence-electron chi connectivity index (χ4n) is 2.02. The van der Waals surface area contributed by atoms with Crippen molar-refractivity contribution in [2.45, 2.75) is 19.0 Å². The molecule has 0 bridgehead atoms. The summed E-state index contributed by atoms with van der Waals surface area (Å²) in [7, 11) is 0. The van der Waals surface area contributed by atoms with Gasteiger partial charge >= 0.3 is 0 Å². The number of amides is 2. The Morgan fingerprint density at radius 2 is 2.04 bits per heavy atom. The van der Waals surface area contributed by atoms with Crippen LogP contribution >= 0.6 is 35.0 Å². The van der Waals surface area contributed by atoms with Crippen LogP contribution < -0.4 is 11.1 Å². The van der Waals surface area contributed by atoms with Crippen molar-refractivity contribution in [2.24, 2.45) is 5.73 Å². The van der Waals surface area contributed by atoms with Gasteiger partial charge in [0.2, 0.25) is 5.91 Å². The SMILES string of the molecule is CC(N)C(=O)NC1C=CC(c2ccccc2)=CN(CI)C1=O.Cl. The first kappa shape index (κ1) is 19.7. The summed E-state index contributed by atoms with van der Waals surface area (Å²) in [6.45, 7) is 1.59. The zero-order valence-corrected chi connectivity index (χ0v) is 15.6. The van der Waals surface area contributed by atoms with Crippen LogP contribution in [0.25, 0.3) is 5.57 Å². The lowest BCUT2D eigenvalue weighted by molar-refractivity contribution is -0.132. The number of carbonyl (C=O) groups is 2. The Kier molecular flexibility index (Phi) is 7.74. The van der Waals surface area contributed by atoms with Crippen molar-refractivity contribution >= 4 is 52.4 Å². The first-order chi connectivity index (χ1) is 10.5. The van der Waals surface area contributed by atoms with Gasteiger partial charge in [0.15, 0.2) is 0 Å². The van der Waals surface area contributed by atoms with Crippen LogP contribution in [0.15, 0.2) is 48.7 Å². The third-order valence-electron chi connectivity index (χ3n) is 3.26. The van der Waals surface area contributed by atoms with E-state index in [2.05, 4.69) is 27.9 Å². The van der Waals surface area contributed by atoms with Gasteiger partial charge in [-0.2, -0.15) is 0 Å². The maximum Gasteiger partial charge on any atom is 0.253 e. The van der Waals surface area contributed by atoms with E-state index in [1.807, 2.05) is 36.4 Å². The van der Waals surface area contributed by atoms with Gasteiger partial charge in [-0.15, -0.1) is 12.4 Å². The zero-order valence-electron chi connectivity index (χ0n) is 12.6. The number of rotatable bonds is 4. The van der Waals surface area contributed by atoms with Crippen molar-refractivity contribution in [3.8, 4) is 0 Å². The van der Waals surface area contributed by atoms with Crippen LogP contribution in [-0.2, 0) is 9.59 Å². The second-order valence-corrected chi connectivity index (χ2v) is 5.69. The lowest BCUT2D eigenvalue weighted by atomic mass is 10.1. The number of allylic oxidation sites excluding steroid dienone is 2. The molecule has 124 valence electrons. The molecule has 0 saturated heterocycles. The molecular weight excluding hydrogens is 429 g/mol. The molecule has 7 heteroatoms. The normalized spacial score (nSPS) is 18.6. The number of hydrogen-bond acceptors (Lipinski definition) is 3. The largest absolute Gasteiger partial charge is 0.340 e. The predicted octanol–water partition coefficient (Wildman–Crippen LogP) is 2.07. The number of nitrogens with one attached hydrogen (secondary N) is 1. The molecule has 0 spiro atoms. The van der Waals surface area contributed by atoms with E-state index < -0.39 is 12.1 Å². The molecular formula is C16H19ClIN3O2. The van der Waals surface area contributed by atoms with Gasteiger partial charge in [0, 0.05) is 6.20 Å². The molecule has 1 aromatic carbocycles. The molecule has 2 rings (SSSR count). The molecule has 5 nitrogen and oxygen atoms in total. The van der Waals surface area contributed by atoms with E-state index >= 15 is 0 Å². The van der Waals surface area contributed by atoms with Gasteiger partial charge < -0.3 is 16.0 Å². The molecule has 1 aliphatic heterocycles. The van der Waals surface area contributed by atoms with Gasteiger partial charge in [0.05, 0.1) is 10.6 Å². The van der Waals surface area contributed by atoms with Gasteiger partial charge in [0.25, 0.3) is 5.91 Å².